The lowest BCUT2D eigenvalue weighted by atomic mass is 9.92. The minimum absolute atomic E-state index is 0.229. The van der Waals surface area contributed by atoms with Crippen molar-refractivity contribution in [2.75, 3.05) is 6.61 Å². The highest BCUT2D eigenvalue weighted by atomic mass is 79.9. The van der Waals surface area contributed by atoms with Gasteiger partial charge in [-0.2, -0.15) is 0 Å². The Labute approximate surface area is 254 Å². The number of carbonyl (C=O) groups excluding carboxylic acids is 1. The van der Waals surface area contributed by atoms with Crippen molar-refractivity contribution in [3.63, 3.8) is 0 Å². The van der Waals surface area contributed by atoms with Crippen molar-refractivity contribution in [3.05, 3.63) is 101 Å². The monoisotopic (exact) mass is 652 g/mol. The molecule has 0 spiro atoms. The lowest BCUT2D eigenvalue weighted by Gasteiger charge is -2.26. The molecule has 1 aromatic carbocycles. The Morgan fingerprint density at radius 2 is 1.95 bits per heavy atom. The Kier molecular flexibility index (Phi) is 9.06. The zero-order valence-electron chi connectivity index (χ0n) is 23.1. The quantitative estimate of drug-likeness (QED) is 0.162. The second-order valence-corrected chi connectivity index (χ2v) is 12.5. The van der Waals surface area contributed by atoms with Crippen molar-refractivity contribution in [3.8, 4) is 0 Å². The smallest absolute Gasteiger partial charge is 0.338 e. The molecule has 0 N–H and O–H groups in total. The SMILES string of the molecule is CCCC1=C(C(=O)OCC)[C@@H](c2ccc(C(C)C)cc2)n2c(s/c(=C/c3cc(Br)c(Sc4ncccn4)o3)c2=O)=N1. The van der Waals surface area contributed by atoms with Gasteiger partial charge in [0.2, 0.25) is 0 Å². The average molecular weight is 654 g/mol. The number of rotatable bonds is 9. The van der Waals surface area contributed by atoms with E-state index >= 15 is 0 Å². The maximum atomic E-state index is 14.0. The number of thiazole rings is 1. The number of hydrogen-bond acceptors (Lipinski definition) is 9. The van der Waals surface area contributed by atoms with E-state index in [1.807, 2.05) is 31.2 Å². The van der Waals surface area contributed by atoms with Gasteiger partial charge in [0.05, 0.1) is 32.9 Å². The van der Waals surface area contributed by atoms with Gasteiger partial charge in [-0.25, -0.2) is 19.8 Å². The predicted molar refractivity (Wildman–Crippen MR) is 163 cm³/mol. The van der Waals surface area contributed by atoms with E-state index in [-0.39, 0.29) is 12.2 Å². The Morgan fingerprint density at radius 1 is 1.22 bits per heavy atom. The Morgan fingerprint density at radius 3 is 2.61 bits per heavy atom. The lowest BCUT2D eigenvalue weighted by Crippen LogP contribution is -2.40. The van der Waals surface area contributed by atoms with Crippen LogP contribution >= 0.6 is 39.0 Å². The number of nitrogens with zero attached hydrogens (tertiary/aromatic N) is 4. The Hall–Kier alpha value is -3.28. The van der Waals surface area contributed by atoms with Crippen LogP contribution in [0.3, 0.4) is 0 Å². The van der Waals surface area contributed by atoms with Crippen molar-refractivity contribution < 1.29 is 13.9 Å². The van der Waals surface area contributed by atoms with Crippen LogP contribution in [0.25, 0.3) is 6.08 Å². The molecular formula is C30H29BrN4O4S2. The zero-order valence-corrected chi connectivity index (χ0v) is 26.3. The van der Waals surface area contributed by atoms with Gasteiger partial charge >= 0.3 is 5.97 Å². The van der Waals surface area contributed by atoms with Crippen molar-refractivity contribution >= 4 is 51.1 Å². The number of hydrogen-bond donors (Lipinski definition) is 0. The average Bonchev–Trinajstić information content (AvgIpc) is 3.46. The molecule has 0 saturated carbocycles. The summed E-state index contributed by atoms with van der Waals surface area (Å²) in [6.45, 7) is 8.30. The van der Waals surface area contributed by atoms with E-state index in [0.29, 0.717) is 49.0 Å². The van der Waals surface area contributed by atoms with E-state index in [2.05, 4.69) is 39.7 Å². The fourth-order valence-corrected chi connectivity index (χ4v) is 6.80. The topological polar surface area (TPSA) is 99.6 Å². The van der Waals surface area contributed by atoms with Crippen LogP contribution in [0.2, 0.25) is 0 Å². The van der Waals surface area contributed by atoms with Gasteiger partial charge in [-0.1, -0.05) is 62.8 Å². The predicted octanol–water partition coefficient (Wildman–Crippen LogP) is 6.00. The molecule has 0 fully saturated rings. The number of esters is 1. The highest BCUT2D eigenvalue weighted by molar-refractivity contribution is 9.10. The summed E-state index contributed by atoms with van der Waals surface area (Å²) >= 11 is 6.09. The molecule has 41 heavy (non-hydrogen) atoms. The highest BCUT2D eigenvalue weighted by Crippen LogP contribution is 2.35. The lowest BCUT2D eigenvalue weighted by molar-refractivity contribution is -0.139. The third-order valence-corrected chi connectivity index (χ3v) is 9.20. The minimum Gasteiger partial charge on any atom is -0.463 e. The van der Waals surface area contributed by atoms with Crippen LogP contribution in [0, 0.1) is 0 Å². The molecular weight excluding hydrogens is 624 g/mol. The maximum Gasteiger partial charge on any atom is 0.338 e. The van der Waals surface area contributed by atoms with Crippen molar-refractivity contribution in [1.29, 1.82) is 0 Å². The molecule has 11 heteroatoms. The Balaban J connectivity index is 1.64. The fourth-order valence-electron chi connectivity index (χ4n) is 4.56. The first-order valence-electron chi connectivity index (χ1n) is 13.4. The summed E-state index contributed by atoms with van der Waals surface area (Å²) < 4.78 is 14.3. The number of fused-ring (bicyclic) bond motifs is 1. The number of ether oxygens (including phenoxy) is 1. The van der Waals surface area contributed by atoms with E-state index in [1.165, 1.54) is 28.7 Å². The molecule has 0 bridgehead atoms. The number of furan rings is 1. The van der Waals surface area contributed by atoms with Gasteiger partial charge in [0.25, 0.3) is 5.56 Å². The summed E-state index contributed by atoms with van der Waals surface area (Å²) in [5.74, 6) is 0.398. The van der Waals surface area contributed by atoms with E-state index < -0.39 is 12.0 Å². The zero-order chi connectivity index (χ0) is 29.1. The maximum absolute atomic E-state index is 14.0. The normalized spacial score (nSPS) is 15.3. The molecule has 0 saturated heterocycles. The van der Waals surface area contributed by atoms with Gasteiger partial charge in [0, 0.05) is 18.5 Å². The molecule has 0 radical (unpaired) electrons. The standard InChI is InChI=1S/C30H29BrN4O4S2/c1-5-8-22-24(27(37)38-6-2)25(19-11-9-18(10-12-19)17(3)4)35-26(36)23(40-30(35)34-22)16-20-15-21(31)28(39-20)41-29-32-13-7-14-33-29/h7,9-17,25H,5-6,8H2,1-4H3/b23-16+/t25-/m1/s1. The summed E-state index contributed by atoms with van der Waals surface area (Å²) in [6, 6.07) is 11.0. The first kappa shape index (κ1) is 29.2. The molecule has 212 valence electrons. The number of halogens is 1. The molecule has 5 rings (SSSR count). The van der Waals surface area contributed by atoms with Gasteiger partial charge in [-0.05, 0) is 70.2 Å². The molecule has 4 heterocycles. The van der Waals surface area contributed by atoms with Crippen molar-refractivity contribution in [2.24, 2.45) is 4.99 Å². The Bertz CT molecular complexity index is 1770. The second kappa shape index (κ2) is 12.7. The number of allylic oxidation sites excluding steroid dienone is 1. The number of benzene rings is 1. The third-order valence-electron chi connectivity index (χ3n) is 6.49. The van der Waals surface area contributed by atoms with Crippen LogP contribution in [0.1, 0.15) is 69.4 Å². The van der Waals surface area contributed by atoms with Crippen LogP contribution in [-0.4, -0.2) is 27.1 Å². The molecule has 1 aliphatic heterocycles. The summed E-state index contributed by atoms with van der Waals surface area (Å²) in [7, 11) is 0. The summed E-state index contributed by atoms with van der Waals surface area (Å²) in [5.41, 5.74) is 2.81. The van der Waals surface area contributed by atoms with Crippen LogP contribution in [0.15, 0.2) is 89.0 Å². The number of aromatic nitrogens is 3. The first-order valence-corrected chi connectivity index (χ1v) is 15.8. The van der Waals surface area contributed by atoms with Crippen LogP contribution in [-0.2, 0) is 9.53 Å². The van der Waals surface area contributed by atoms with Gasteiger partial charge in [-0.15, -0.1) is 0 Å². The molecule has 8 nitrogen and oxygen atoms in total. The summed E-state index contributed by atoms with van der Waals surface area (Å²) in [4.78, 5) is 41.2. The minimum atomic E-state index is -0.653. The molecule has 0 aliphatic carbocycles. The second-order valence-electron chi connectivity index (χ2n) is 9.65. The van der Waals surface area contributed by atoms with Crippen LogP contribution in [0.5, 0.6) is 0 Å². The number of carbonyl (C=O) groups is 1. The van der Waals surface area contributed by atoms with Crippen molar-refractivity contribution in [2.45, 2.75) is 62.7 Å². The van der Waals surface area contributed by atoms with E-state index in [1.54, 1.807) is 42.1 Å². The third kappa shape index (κ3) is 6.17. The molecule has 0 unspecified atom stereocenters. The summed E-state index contributed by atoms with van der Waals surface area (Å²) in [6.07, 6.45) is 6.42. The van der Waals surface area contributed by atoms with Crippen LogP contribution in [0.4, 0.5) is 0 Å². The highest BCUT2D eigenvalue weighted by Gasteiger charge is 2.34. The van der Waals surface area contributed by atoms with E-state index in [9.17, 15) is 9.59 Å². The summed E-state index contributed by atoms with van der Waals surface area (Å²) in [5, 5.41) is 1.13. The first-order chi connectivity index (χ1) is 19.8. The molecule has 0 amide bonds. The largest absolute Gasteiger partial charge is 0.463 e. The molecule has 4 aromatic rings. The van der Waals surface area contributed by atoms with Gasteiger partial charge in [0.15, 0.2) is 15.1 Å². The fraction of sp³-hybridized carbons (Fsp3) is 0.300. The van der Waals surface area contributed by atoms with Crippen LogP contribution < -0.4 is 14.9 Å². The van der Waals surface area contributed by atoms with Crippen molar-refractivity contribution in [1.82, 2.24) is 14.5 Å². The van der Waals surface area contributed by atoms with Gasteiger partial charge in [0.1, 0.15) is 5.76 Å². The molecule has 1 aliphatic rings. The molecule has 1 atom stereocenters. The van der Waals surface area contributed by atoms with E-state index in [4.69, 9.17) is 14.1 Å². The van der Waals surface area contributed by atoms with E-state index in [0.717, 1.165) is 16.5 Å². The van der Waals surface area contributed by atoms with Gasteiger partial charge < -0.3 is 9.15 Å². The van der Waals surface area contributed by atoms with Gasteiger partial charge in [-0.3, -0.25) is 9.36 Å². The molecule has 3 aromatic heterocycles.